The molecule has 2 rings (SSSR count). The fraction of sp³-hybridized carbons (Fsp3) is 0.533. The maximum Gasteiger partial charge on any atom is 0.265 e. The molecule has 1 saturated heterocycles. The van der Waals surface area contributed by atoms with Crippen LogP contribution < -0.4 is 5.43 Å². The topological polar surface area (TPSA) is 35.6 Å². The summed E-state index contributed by atoms with van der Waals surface area (Å²) in [6.07, 6.45) is 0. The zero-order chi connectivity index (χ0) is 13.8. The molecule has 0 unspecified atom stereocenters. The molecule has 4 nitrogen and oxygen atoms in total. The molecular weight excluding hydrogens is 238 g/mol. The summed E-state index contributed by atoms with van der Waals surface area (Å²) < 4.78 is 0. The van der Waals surface area contributed by atoms with Gasteiger partial charge in [-0.1, -0.05) is 26.0 Å². The molecule has 0 radical (unpaired) electrons. The SMILES string of the molecule is CC(C)c1ccc(C(=O)NN2CCN(C)CC2)cc1. The zero-order valence-electron chi connectivity index (χ0n) is 12.0. The summed E-state index contributed by atoms with van der Waals surface area (Å²) in [6, 6.07) is 7.87. The Labute approximate surface area is 115 Å². The molecule has 0 atom stereocenters. The maximum atomic E-state index is 12.1. The normalized spacial score (nSPS) is 17.7. The van der Waals surface area contributed by atoms with Gasteiger partial charge in [0.25, 0.3) is 5.91 Å². The number of carbonyl (C=O) groups excluding carboxylic acids is 1. The predicted octanol–water partition coefficient (Wildman–Crippen LogP) is 1.70. The number of piperazine rings is 1. The summed E-state index contributed by atoms with van der Waals surface area (Å²) in [4.78, 5) is 14.4. The molecule has 1 aliphatic heterocycles. The first-order valence-corrected chi connectivity index (χ1v) is 6.90. The van der Waals surface area contributed by atoms with Crippen LogP contribution in [0.5, 0.6) is 0 Å². The lowest BCUT2D eigenvalue weighted by molar-refractivity contribution is 0.0662. The van der Waals surface area contributed by atoms with Crippen molar-refractivity contribution in [3.63, 3.8) is 0 Å². The molecule has 1 aromatic rings. The number of hydrazine groups is 1. The number of hydrogen-bond acceptors (Lipinski definition) is 3. The lowest BCUT2D eigenvalue weighted by Crippen LogP contribution is -2.52. The Bertz CT molecular complexity index is 420. The number of likely N-dealkylation sites (N-methyl/N-ethyl adjacent to an activating group) is 1. The number of nitrogens with one attached hydrogen (secondary N) is 1. The van der Waals surface area contributed by atoms with Gasteiger partial charge in [-0.15, -0.1) is 0 Å². The number of nitrogens with zero attached hydrogens (tertiary/aromatic N) is 2. The summed E-state index contributed by atoms with van der Waals surface area (Å²) in [6.45, 7) is 8.05. The van der Waals surface area contributed by atoms with Gasteiger partial charge >= 0.3 is 0 Å². The van der Waals surface area contributed by atoms with Crippen molar-refractivity contribution in [1.82, 2.24) is 15.3 Å². The van der Waals surface area contributed by atoms with Crippen molar-refractivity contribution in [1.29, 1.82) is 0 Å². The van der Waals surface area contributed by atoms with Gasteiger partial charge in [0.05, 0.1) is 0 Å². The van der Waals surface area contributed by atoms with E-state index in [1.165, 1.54) is 5.56 Å². The molecule has 0 aliphatic carbocycles. The van der Waals surface area contributed by atoms with Crippen molar-refractivity contribution in [2.75, 3.05) is 33.2 Å². The van der Waals surface area contributed by atoms with Crippen LogP contribution >= 0.6 is 0 Å². The Hall–Kier alpha value is -1.39. The third-order valence-electron chi connectivity index (χ3n) is 3.60. The number of carbonyl (C=O) groups is 1. The minimum absolute atomic E-state index is 0.0140. The van der Waals surface area contributed by atoms with Crippen LogP contribution in [0.2, 0.25) is 0 Å². The van der Waals surface area contributed by atoms with Crippen LogP contribution in [0.25, 0.3) is 0 Å². The smallest absolute Gasteiger partial charge is 0.265 e. The highest BCUT2D eigenvalue weighted by Gasteiger charge is 2.16. The molecule has 1 aliphatic rings. The van der Waals surface area contributed by atoms with Crippen LogP contribution in [0.1, 0.15) is 35.7 Å². The molecule has 19 heavy (non-hydrogen) atoms. The maximum absolute atomic E-state index is 12.1. The van der Waals surface area contributed by atoms with Gasteiger partial charge in [-0.3, -0.25) is 10.2 Å². The summed E-state index contributed by atoms with van der Waals surface area (Å²) in [7, 11) is 2.10. The summed E-state index contributed by atoms with van der Waals surface area (Å²) in [5.41, 5.74) is 4.96. The summed E-state index contributed by atoms with van der Waals surface area (Å²) in [5.74, 6) is 0.481. The first kappa shape index (κ1) is 14.0. The average molecular weight is 261 g/mol. The van der Waals surface area contributed by atoms with Crippen molar-refractivity contribution >= 4 is 5.91 Å². The van der Waals surface area contributed by atoms with Gasteiger partial charge < -0.3 is 4.90 Å². The predicted molar refractivity (Wildman–Crippen MR) is 77.1 cm³/mol. The molecule has 1 aromatic carbocycles. The van der Waals surface area contributed by atoms with Gasteiger partial charge in [-0.25, -0.2) is 5.01 Å². The molecule has 0 saturated carbocycles. The van der Waals surface area contributed by atoms with E-state index in [4.69, 9.17) is 0 Å². The van der Waals surface area contributed by atoms with E-state index in [1.807, 2.05) is 29.3 Å². The Morgan fingerprint density at radius 2 is 1.68 bits per heavy atom. The van der Waals surface area contributed by atoms with Crippen LogP contribution in [0.4, 0.5) is 0 Å². The van der Waals surface area contributed by atoms with E-state index in [0.29, 0.717) is 5.92 Å². The summed E-state index contributed by atoms with van der Waals surface area (Å²) in [5, 5.41) is 2.00. The highest BCUT2D eigenvalue weighted by Crippen LogP contribution is 2.14. The third-order valence-corrected chi connectivity index (χ3v) is 3.60. The van der Waals surface area contributed by atoms with Crippen molar-refractivity contribution in [3.05, 3.63) is 35.4 Å². The molecule has 1 fully saturated rings. The first-order valence-electron chi connectivity index (χ1n) is 6.90. The zero-order valence-corrected chi connectivity index (χ0v) is 12.0. The highest BCUT2D eigenvalue weighted by molar-refractivity contribution is 5.93. The summed E-state index contributed by atoms with van der Waals surface area (Å²) >= 11 is 0. The monoisotopic (exact) mass is 261 g/mol. The van der Waals surface area contributed by atoms with Crippen molar-refractivity contribution in [2.45, 2.75) is 19.8 Å². The minimum Gasteiger partial charge on any atom is -0.304 e. The lowest BCUT2D eigenvalue weighted by Gasteiger charge is -2.32. The second-order valence-electron chi connectivity index (χ2n) is 5.51. The molecule has 0 spiro atoms. The molecule has 4 heteroatoms. The van der Waals surface area contributed by atoms with E-state index < -0.39 is 0 Å². The van der Waals surface area contributed by atoms with Crippen LogP contribution in [-0.2, 0) is 0 Å². The van der Waals surface area contributed by atoms with Crippen molar-refractivity contribution in [3.8, 4) is 0 Å². The Morgan fingerprint density at radius 3 is 2.21 bits per heavy atom. The largest absolute Gasteiger partial charge is 0.304 e. The molecule has 104 valence electrons. The van der Waals surface area contributed by atoms with E-state index in [0.717, 1.165) is 31.7 Å². The second-order valence-corrected chi connectivity index (χ2v) is 5.51. The number of benzene rings is 1. The third kappa shape index (κ3) is 3.78. The van der Waals surface area contributed by atoms with E-state index in [9.17, 15) is 4.79 Å². The molecule has 0 bridgehead atoms. The van der Waals surface area contributed by atoms with E-state index >= 15 is 0 Å². The number of rotatable bonds is 3. The van der Waals surface area contributed by atoms with Gasteiger partial charge in [0.15, 0.2) is 0 Å². The van der Waals surface area contributed by atoms with Gasteiger partial charge in [0.2, 0.25) is 0 Å². The molecule has 1 amide bonds. The highest BCUT2D eigenvalue weighted by atomic mass is 16.2. The van der Waals surface area contributed by atoms with Crippen molar-refractivity contribution in [2.24, 2.45) is 0 Å². The van der Waals surface area contributed by atoms with E-state index in [-0.39, 0.29) is 5.91 Å². The fourth-order valence-electron chi connectivity index (χ4n) is 2.15. The van der Waals surface area contributed by atoms with Gasteiger partial charge in [0, 0.05) is 31.7 Å². The van der Waals surface area contributed by atoms with E-state index in [2.05, 4.69) is 31.2 Å². The first-order chi connectivity index (χ1) is 9.06. The van der Waals surface area contributed by atoms with Crippen LogP contribution in [0, 0.1) is 0 Å². The van der Waals surface area contributed by atoms with E-state index in [1.54, 1.807) is 0 Å². The minimum atomic E-state index is -0.0140. The Balaban J connectivity index is 1.92. The molecule has 0 aromatic heterocycles. The van der Waals surface area contributed by atoms with Gasteiger partial charge in [-0.2, -0.15) is 0 Å². The van der Waals surface area contributed by atoms with Crippen LogP contribution in [-0.4, -0.2) is 49.0 Å². The standard InChI is InChI=1S/C15H23N3O/c1-12(2)13-4-6-14(7-5-13)15(19)16-18-10-8-17(3)9-11-18/h4-7,12H,8-11H2,1-3H3,(H,16,19). The van der Waals surface area contributed by atoms with Crippen LogP contribution in [0.3, 0.4) is 0 Å². The quantitative estimate of drug-likeness (QED) is 0.899. The Morgan fingerprint density at radius 1 is 1.11 bits per heavy atom. The fourth-order valence-corrected chi connectivity index (χ4v) is 2.15. The van der Waals surface area contributed by atoms with Gasteiger partial charge in [-0.05, 0) is 30.7 Å². The molecular formula is C15H23N3O. The number of amides is 1. The Kier molecular flexibility index (Phi) is 4.56. The van der Waals surface area contributed by atoms with Crippen molar-refractivity contribution < 1.29 is 4.79 Å². The number of hydrogen-bond donors (Lipinski definition) is 1. The molecule has 1 heterocycles. The lowest BCUT2D eigenvalue weighted by atomic mass is 10.0. The van der Waals surface area contributed by atoms with Gasteiger partial charge in [0.1, 0.15) is 0 Å². The van der Waals surface area contributed by atoms with Crippen LogP contribution in [0.15, 0.2) is 24.3 Å². The molecule has 1 N–H and O–H groups in total. The second kappa shape index (κ2) is 6.17. The average Bonchev–Trinajstić information content (AvgIpc) is 2.41.